The van der Waals surface area contributed by atoms with Crippen molar-refractivity contribution in [3.63, 3.8) is 0 Å². The van der Waals surface area contributed by atoms with Gasteiger partial charge in [-0.25, -0.2) is 13.1 Å². The molecule has 0 radical (unpaired) electrons. The number of hydrogen-bond acceptors (Lipinski definition) is 4. The van der Waals surface area contributed by atoms with Gasteiger partial charge in [0.1, 0.15) is 0 Å². The molecule has 1 fully saturated rings. The van der Waals surface area contributed by atoms with Crippen molar-refractivity contribution in [2.75, 3.05) is 25.4 Å². The lowest BCUT2D eigenvalue weighted by atomic mass is 10.0. The van der Waals surface area contributed by atoms with Crippen LogP contribution in [0.1, 0.15) is 33.1 Å². The molecule has 1 heterocycles. The average molecular weight is 291 g/mol. The molecule has 0 aromatic rings. The van der Waals surface area contributed by atoms with E-state index in [4.69, 9.17) is 5.73 Å². The molecule has 0 aliphatic carbocycles. The van der Waals surface area contributed by atoms with E-state index in [1.54, 1.807) is 11.8 Å². The molecule has 1 saturated heterocycles. The van der Waals surface area contributed by atoms with Crippen molar-refractivity contribution >= 4 is 15.9 Å². The normalized spacial score (nSPS) is 19.4. The Morgan fingerprint density at radius 1 is 1.37 bits per heavy atom. The maximum absolute atomic E-state index is 12.1. The Morgan fingerprint density at radius 3 is 2.37 bits per heavy atom. The number of nitrogens with two attached hydrogens (primary N) is 1. The molecule has 1 amide bonds. The van der Waals surface area contributed by atoms with Crippen LogP contribution in [0.5, 0.6) is 0 Å². The number of hydrogen-bond donors (Lipinski definition) is 2. The Balaban J connectivity index is 2.47. The van der Waals surface area contributed by atoms with Gasteiger partial charge in [-0.05, 0) is 26.2 Å². The average Bonchev–Trinajstić information content (AvgIpc) is 2.40. The number of sulfonamides is 1. The Morgan fingerprint density at radius 2 is 1.95 bits per heavy atom. The summed E-state index contributed by atoms with van der Waals surface area (Å²) in [7, 11) is -3.16. The molecule has 112 valence electrons. The van der Waals surface area contributed by atoms with Gasteiger partial charge in [0.05, 0.1) is 11.7 Å². The molecule has 1 unspecified atom stereocenters. The molecular weight excluding hydrogens is 266 g/mol. The summed E-state index contributed by atoms with van der Waals surface area (Å²) in [5.41, 5.74) is 5.58. The fourth-order valence-corrected chi connectivity index (χ4v) is 3.17. The highest BCUT2D eigenvalue weighted by molar-refractivity contribution is 7.89. The molecule has 6 nitrogen and oxygen atoms in total. The van der Waals surface area contributed by atoms with Crippen LogP contribution in [0.4, 0.5) is 0 Å². The second-order valence-electron chi connectivity index (χ2n) is 4.96. The summed E-state index contributed by atoms with van der Waals surface area (Å²) in [4.78, 5) is 13.9. The Bertz CT molecular complexity index is 385. The van der Waals surface area contributed by atoms with Crippen LogP contribution in [0, 0.1) is 5.92 Å². The van der Waals surface area contributed by atoms with Gasteiger partial charge in [-0.2, -0.15) is 0 Å². The first-order valence-electron chi connectivity index (χ1n) is 6.92. The molecule has 7 heteroatoms. The SMILES string of the molecule is CCC(CN)C(=O)N1CCC(NS(=O)(=O)CC)CC1. The smallest absolute Gasteiger partial charge is 0.226 e. The minimum absolute atomic E-state index is 0.0491. The van der Waals surface area contributed by atoms with Crippen LogP contribution in [-0.4, -0.2) is 50.7 Å². The summed E-state index contributed by atoms with van der Waals surface area (Å²) in [6, 6.07) is -0.0491. The van der Waals surface area contributed by atoms with Crippen molar-refractivity contribution in [3.8, 4) is 0 Å². The first kappa shape index (κ1) is 16.4. The molecule has 19 heavy (non-hydrogen) atoms. The zero-order chi connectivity index (χ0) is 14.5. The van der Waals surface area contributed by atoms with Crippen molar-refractivity contribution in [2.45, 2.75) is 39.2 Å². The quantitative estimate of drug-likeness (QED) is 0.715. The predicted octanol–water partition coefficient (Wildman–Crippen LogP) is -0.0984. The first-order chi connectivity index (χ1) is 8.93. The fourth-order valence-electron chi connectivity index (χ4n) is 2.26. The molecule has 1 atom stereocenters. The standard InChI is InChI=1S/C12H25N3O3S/c1-3-10(9-13)12(16)15-7-5-11(6-8-15)14-19(17,18)4-2/h10-11,14H,3-9,13H2,1-2H3. The fraction of sp³-hybridized carbons (Fsp3) is 0.917. The number of amides is 1. The second kappa shape index (κ2) is 7.21. The molecule has 0 aromatic carbocycles. The van der Waals surface area contributed by atoms with Gasteiger partial charge < -0.3 is 10.6 Å². The summed E-state index contributed by atoms with van der Waals surface area (Å²) >= 11 is 0. The predicted molar refractivity (Wildman–Crippen MR) is 75.0 cm³/mol. The zero-order valence-electron chi connectivity index (χ0n) is 11.8. The van der Waals surface area contributed by atoms with Crippen LogP contribution in [0.3, 0.4) is 0 Å². The van der Waals surface area contributed by atoms with E-state index in [1.807, 2.05) is 6.92 Å². The van der Waals surface area contributed by atoms with Crippen LogP contribution < -0.4 is 10.5 Å². The van der Waals surface area contributed by atoms with Gasteiger partial charge in [0.25, 0.3) is 0 Å². The van der Waals surface area contributed by atoms with Crippen molar-refractivity contribution < 1.29 is 13.2 Å². The maximum atomic E-state index is 12.1. The molecule has 0 aromatic heterocycles. The number of carbonyl (C=O) groups is 1. The van der Waals surface area contributed by atoms with Crippen LogP contribution in [0.2, 0.25) is 0 Å². The highest BCUT2D eigenvalue weighted by atomic mass is 32.2. The van der Waals surface area contributed by atoms with E-state index in [0.29, 0.717) is 32.5 Å². The molecule has 0 spiro atoms. The lowest BCUT2D eigenvalue weighted by Crippen LogP contribution is -2.49. The van der Waals surface area contributed by atoms with Crippen LogP contribution in [-0.2, 0) is 14.8 Å². The summed E-state index contributed by atoms with van der Waals surface area (Å²) in [5, 5.41) is 0. The largest absolute Gasteiger partial charge is 0.342 e. The topological polar surface area (TPSA) is 92.5 Å². The number of carbonyl (C=O) groups excluding carboxylic acids is 1. The van der Waals surface area contributed by atoms with Gasteiger partial charge in [-0.15, -0.1) is 0 Å². The van der Waals surface area contributed by atoms with Crippen molar-refractivity contribution in [2.24, 2.45) is 11.7 Å². The summed E-state index contributed by atoms with van der Waals surface area (Å²) in [5.74, 6) is 0.0858. The van der Waals surface area contributed by atoms with Crippen LogP contribution in [0.15, 0.2) is 0 Å². The number of piperidine rings is 1. The van der Waals surface area contributed by atoms with E-state index >= 15 is 0 Å². The van der Waals surface area contributed by atoms with Crippen molar-refractivity contribution in [1.29, 1.82) is 0 Å². The maximum Gasteiger partial charge on any atom is 0.226 e. The van der Waals surface area contributed by atoms with E-state index in [9.17, 15) is 13.2 Å². The van der Waals surface area contributed by atoms with E-state index < -0.39 is 10.0 Å². The van der Waals surface area contributed by atoms with Gasteiger partial charge >= 0.3 is 0 Å². The van der Waals surface area contributed by atoms with Gasteiger partial charge in [0.15, 0.2) is 0 Å². The number of nitrogens with one attached hydrogen (secondary N) is 1. The molecule has 0 bridgehead atoms. The monoisotopic (exact) mass is 291 g/mol. The van der Waals surface area contributed by atoms with Crippen molar-refractivity contribution in [1.82, 2.24) is 9.62 Å². The first-order valence-corrected chi connectivity index (χ1v) is 8.57. The summed E-state index contributed by atoms with van der Waals surface area (Å²) in [6.07, 6.45) is 2.09. The Kier molecular flexibility index (Phi) is 6.22. The summed E-state index contributed by atoms with van der Waals surface area (Å²) < 4.78 is 25.6. The highest BCUT2D eigenvalue weighted by Crippen LogP contribution is 2.15. The molecular formula is C12H25N3O3S. The third kappa shape index (κ3) is 4.74. The van der Waals surface area contributed by atoms with Gasteiger partial charge in [0, 0.05) is 25.7 Å². The lowest BCUT2D eigenvalue weighted by Gasteiger charge is -2.34. The van der Waals surface area contributed by atoms with Gasteiger partial charge in [0.2, 0.25) is 15.9 Å². The highest BCUT2D eigenvalue weighted by Gasteiger charge is 2.28. The minimum Gasteiger partial charge on any atom is -0.342 e. The number of rotatable bonds is 6. The van der Waals surface area contributed by atoms with E-state index in [1.165, 1.54) is 0 Å². The zero-order valence-corrected chi connectivity index (χ0v) is 12.6. The number of likely N-dealkylation sites (tertiary alicyclic amines) is 1. The van der Waals surface area contributed by atoms with Crippen LogP contribution in [0.25, 0.3) is 0 Å². The molecule has 1 rings (SSSR count). The van der Waals surface area contributed by atoms with Crippen molar-refractivity contribution in [3.05, 3.63) is 0 Å². The van der Waals surface area contributed by atoms with E-state index in [2.05, 4.69) is 4.72 Å². The molecule has 3 N–H and O–H groups in total. The minimum atomic E-state index is -3.16. The Hall–Kier alpha value is -0.660. The lowest BCUT2D eigenvalue weighted by molar-refractivity contribution is -0.136. The third-order valence-corrected chi connectivity index (χ3v) is 5.11. The Labute approximate surface area is 115 Å². The third-order valence-electron chi connectivity index (χ3n) is 3.66. The van der Waals surface area contributed by atoms with Gasteiger partial charge in [-0.1, -0.05) is 6.92 Å². The molecule has 0 saturated carbocycles. The van der Waals surface area contributed by atoms with E-state index in [-0.39, 0.29) is 23.6 Å². The second-order valence-corrected chi connectivity index (χ2v) is 7.00. The van der Waals surface area contributed by atoms with Gasteiger partial charge in [-0.3, -0.25) is 4.79 Å². The molecule has 1 aliphatic heterocycles. The van der Waals surface area contributed by atoms with Crippen LogP contribution >= 0.6 is 0 Å². The summed E-state index contributed by atoms with van der Waals surface area (Å²) in [6.45, 7) is 5.15. The van der Waals surface area contributed by atoms with E-state index in [0.717, 1.165) is 6.42 Å². The molecule has 1 aliphatic rings. The number of nitrogens with zero attached hydrogens (tertiary/aromatic N) is 1.